The zero-order valence-electron chi connectivity index (χ0n) is 11.8. The van der Waals surface area contributed by atoms with Gasteiger partial charge in [0.25, 0.3) is 0 Å². The van der Waals surface area contributed by atoms with Crippen LogP contribution in [0.25, 0.3) is 6.08 Å². The van der Waals surface area contributed by atoms with Crippen molar-refractivity contribution in [3.63, 3.8) is 0 Å². The van der Waals surface area contributed by atoms with Gasteiger partial charge in [-0.15, -0.1) is 12.4 Å². The molecule has 0 amide bonds. The highest BCUT2D eigenvalue weighted by molar-refractivity contribution is 6.30. The summed E-state index contributed by atoms with van der Waals surface area (Å²) >= 11 is 5.78. The smallest absolute Gasteiger partial charge is 0.330 e. The van der Waals surface area contributed by atoms with Crippen molar-refractivity contribution in [2.45, 2.75) is 13.8 Å². The number of carbonyl (C=O) groups excluding carboxylic acids is 1. The number of benzene rings is 1. The molecule has 1 aromatic rings. The average molecular weight is 318 g/mol. The van der Waals surface area contributed by atoms with Gasteiger partial charge in [0.15, 0.2) is 0 Å². The van der Waals surface area contributed by atoms with Crippen LogP contribution >= 0.6 is 24.0 Å². The molecule has 0 aliphatic heterocycles. The number of likely N-dealkylation sites (N-methyl/N-ethyl adjacent to an activating group) is 1. The second kappa shape index (κ2) is 10.7. The van der Waals surface area contributed by atoms with Crippen molar-refractivity contribution in [2.24, 2.45) is 0 Å². The van der Waals surface area contributed by atoms with Crippen molar-refractivity contribution in [2.75, 3.05) is 26.2 Å². The summed E-state index contributed by atoms with van der Waals surface area (Å²) in [6, 6.07) is 7.27. The first-order valence-electron chi connectivity index (χ1n) is 6.48. The minimum Gasteiger partial charge on any atom is -0.461 e. The van der Waals surface area contributed by atoms with E-state index in [9.17, 15) is 4.79 Å². The molecule has 20 heavy (non-hydrogen) atoms. The second-order valence-electron chi connectivity index (χ2n) is 4.08. The minimum atomic E-state index is -0.317. The highest BCUT2D eigenvalue weighted by Crippen LogP contribution is 2.10. The molecule has 0 aliphatic rings. The van der Waals surface area contributed by atoms with Crippen LogP contribution in [0, 0.1) is 0 Å². The number of carbonyl (C=O) groups is 1. The Balaban J connectivity index is 0.00000361. The molecule has 0 fully saturated rings. The fourth-order valence-electron chi connectivity index (χ4n) is 1.60. The van der Waals surface area contributed by atoms with Gasteiger partial charge < -0.3 is 9.64 Å². The lowest BCUT2D eigenvalue weighted by atomic mass is 10.2. The van der Waals surface area contributed by atoms with Crippen LogP contribution in [0.2, 0.25) is 5.02 Å². The molecule has 1 rings (SSSR count). The van der Waals surface area contributed by atoms with E-state index in [4.69, 9.17) is 16.3 Å². The van der Waals surface area contributed by atoms with Crippen molar-refractivity contribution in [1.29, 1.82) is 0 Å². The summed E-state index contributed by atoms with van der Waals surface area (Å²) in [5.74, 6) is -0.317. The average Bonchev–Trinajstić information content (AvgIpc) is 2.43. The van der Waals surface area contributed by atoms with Crippen LogP contribution < -0.4 is 0 Å². The normalized spacial score (nSPS) is 10.6. The first-order chi connectivity index (χ1) is 9.15. The van der Waals surface area contributed by atoms with Gasteiger partial charge in [-0.1, -0.05) is 37.6 Å². The molecule has 0 aliphatic carbocycles. The van der Waals surface area contributed by atoms with Crippen LogP contribution in [0.3, 0.4) is 0 Å². The Morgan fingerprint density at radius 1 is 1.25 bits per heavy atom. The third-order valence-corrected chi connectivity index (χ3v) is 3.08. The van der Waals surface area contributed by atoms with E-state index in [1.807, 2.05) is 12.1 Å². The van der Waals surface area contributed by atoms with Gasteiger partial charge in [-0.3, -0.25) is 0 Å². The molecule has 1 aromatic carbocycles. The zero-order valence-corrected chi connectivity index (χ0v) is 13.4. The zero-order chi connectivity index (χ0) is 14.1. The van der Waals surface area contributed by atoms with Gasteiger partial charge in [0, 0.05) is 17.6 Å². The Bertz CT molecular complexity index is 414. The molecular formula is C15H21Cl2NO2. The maximum Gasteiger partial charge on any atom is 0.330 e. The number of ether oxygens (including phenoxy) is 1. The molecule has 0 bridgehead atoms. The van der Waals surface area contributed by atoms with E-state index in [0.717, 1.165) is 25.2 Å². The molecule has 0 spiro atoms. The number of rotatable bonds is 7. The van der Waals surface area contributed by atoms with E-state index >= 15 is 0 Å². The fraction of sp³-hybridized carbons (Fsp3) is 0.400. The Kier molecular flexibility index (Phi) is 10.2. The molecule has 0 aromatic heterocycles. The molecule has 112 valence electrons. The van der Waals surface area contributed by atoms with Crippen molar-refractivity contribution >= 4 is 36.1 Å². The van der Waals surface area contributed by atoms with Gasteiger partial charge >= 0.3 is 5.97 Å². The summed E-state index contributed by atoms with van der Waals surface area (Å²) in [5, 5.41) is 0.680. The number of nitrogens with zero attached hydrogens (tertiary/aromatic N) is 1. The number of hydrogen-bond donors (Lipinski definition) is 0. The van der Waals surface area contributed by atoms with Crippen LogP contribution in [-0.4, -0.2) is 37.1 Å². The topological polar surface area (TPSA) is 29.5 Å². The van der Waals surface area contributed by atoms with E-state index in [1.54, 1.807) is 18.2 Å². The number of hydrogen-bond acceptors (Lipinski definition) is 3. The predicted octanol–water partition coefficient (Wildman–Crippen LogP) is 3.66. The monoisotopic (exact) mass is 317 g/mol. The highest BCUT2D eigenvalue weighted by atomic mass is 35.5. The molecule has 3 nitrogen and oxygen atoms in total. The van der Waals surface area contributed by atoms with Crippen molar-refractivity contribution in [1.82, 2.24) is 4.90 Å². The predicted molar refractivity (Wildman–Crippen MR) is 86.5 cm³/mol. The van der Waals surface area contributed by atoms with Crippen LogP contribution in [0.1, 0.15) is 19.4 Å². The lowest BCUT2D eigenvalue weighted by Crippen LogP contribution is -2.27. The van der Waals surface area contributed by atoms with E-state index in [-0.39, 0.29) is 18.4 Å². The molecule has 0 saturated heterocycles. The fourth-order valence-corrected chi connectivity index (χ4v) is 1.73. The van der Waals surface area contributed by atoms with E-state index in [0.29, 0.717) is 11.6 Å². The number of esters is 1. The summed E-state index contributed by atoms with van der Waals surface area (Å²) in [6.45, 7) is 7.31. The SMILES string of the molecule is CCN(CC)CCOC(=O)/C=C/c1ccc(Cl)cc1.Cl. The summed E-state index contributed by atoms with van der Waals surface area (Å²) in [5.41, 5.74) is 0.921. The summed E-state index contributed by atoms with van der Waals surface area (Å²) in [4.78, 5) is 13.7. The van der Waals surface area contributed by atoms with Crippen LogP contribution in [-0.2, 0) is 9.53 Å². The van der Waals surface area contributed by atoms with E-state index < -0.39 is 0 Å². The maximum atomic E-state index is 11.5. The molecule has 0 unspecified atom stereocenters. The van der Waals surface area contributed by atoms with Gasteiger partial charge in [0.2, 0.25) is 0 Å². The van der Waals surface area contributed by atoms with Crippen LogP contribution in [0.15, 0.2) is 30.3 Å². The van der Waals surface area contributed by atoms with Gasteiger partial charge in [-0.25, -0.2) is 4.79 Å². The highest BCUT2D eigenvalue weighted by Gasteiger charge is 2.01. The van der Waals surface area contributed by atoms with Crippen molar-refractivity contribution in [3.05, 3.63) is 40.9 Å². The minimum absolute atomic E-state index is 0. The number of halogens is 2. The Hall–Kier alpha value is -1.03. The third kappa shape index (κ3) is 7.53. The first kappa shape index (κ1) is 19.0. The largest absolute Gasteiger partial charge is 0.461 e. The standard InChI is InChI=1S/C15H20ClNO2.ClH/c1-3-17(4-2)11-12-19-15(18)10-7-13-5-8-14(16)9-6-13;/h5-10H,3-4,11-12H2,1-2H3;1H/b10-7+;. The lowest BCUT2D eigenvalue weighted by molar-refractivity contribution is -0.138. The van der Waals surface area contributed by atoms with E-state index in [1.165, 1.54) is 6.08 Å². The van der Waals surface area contributed by atoms with Crippen molar-refractivity contribution in [3.8, 4) is 0 Å². The molecule has 0 radical (unpaired) electrons. The quantitative estimate of drug-likeness (QED) is 0.567. The Labute approximate surface area is 132 Å². The van der Waals surface area contributed by atoms with Gasteiger partial charge in [0.05, 0.1) is 0 Å². The van der Waals surface area contributed by atoms with E-state index in [2.05, 4.69) is 18.7 Å². The molecule has 5 heteroatoms. The molecule has 0 heterocycles. The van der Waals surface area contributed by atoms with Gasteiger partial charge in [-0.2, -0.15) is 0 Å². The maximum absolute atomic E-state index is 11.5. The summed E-state index contributed by atoms with van der Waals surface area (Å²) < 4.78 is 5.13. The summed E-state index contributed by atoms with van der Waals surface area (Å²) in [7, 11) is 0. The molecule has 0 atom stereocenters. The van der Waals surface area contributed by atoms with Crippen molar-refractivity contribution < 1.29 is 9.53 Å². The first-order valence-corrected chi connectivity index (χ1v) is 6.86. The Morgan fingerprint density at radius 2 is 1.85 bits per heavy atom. The lowest BCUT2D eigenvalue weighted by Gasteiger charge is -2.16. The second-order valence-corrected chi connectivity index (χ2v) is 4.52. The van der Waals surface area contributed by atoms with Crippen LogP contribution in [0.5, 0.6) is 0 Å². The molecule has 0 saturated carbocycles. The Morgan fingerprint density at radius 3 is 2.40 bits per heavy atom. The molecular weight excluding hydrogens is 297 g/mol. The third-order valence-electron chi connectivity index (χ3n) is 2.83. The van der Waals surface area contributed by atoms with Gasteiger partial charge in [-0.05, 0) is 36.9 Å². The molecule has 0 N–H and O–H groups in total. The summed E-state index contributed by atoms with van der Waals surface area (Å²) in [6.07, 6.45) is 3.15. The van der Waals surface area contributed by atoms with Gasteiger partial charge in [0.1, 0.15) is 6.61 Å². The van der Waals surface area contributed by atoms with Crippen LogP contribution in [0.4, 0.5) is 0 Å².